The fraction of sp³-hybridized carbons (Fsp3) is 0.667. The van der Waals surface area contributed by atoms with Crippen LogP contribution in [0.15, 0.2) is 0 Å². The molecule has 0 aromatic carbocycles. The summed E-state index contributed by atoms with van der Waals surface area (Å²) in [6.07, 6.45) is 1.60. The van der Waals surface area contributed by atoms with Crippen LogP contribution in [0.5, 0.6) is 0 Å². The van der Waals surface area contributed by atoms with E-state index in [1.54, 1.807) is 0 Å². The normalized spacial score (nSPS) is 8.62. The van der Waals surface area contributed by atoms with E-state index in [4.69, 9.17) is 0 Å². The van der Waals surface area contributed by atoms with Gasteiger partial charge < -0.3 is 59.4 Å². The second-order valence-electron chi connectivity index (χ2n) is 5.85. The Labute approximate surface area is 212 Å². The van der Waals surface area contributed by atoms with Crippen molar-refractivity contribution >= 4 is 35.8 Å². The van der Waals surface area contributed by atoms with Crippen molar-refractivity contribution in [3.05, 3.63) is 0 Å². The van der Waals surface area contributed by atoms with Crippen LogP contribution in [0.1, 0.15) is 77.0 Å². The second-order valence-corrected chi connectivity index (χ2v) is 5.85. The first-order valence-electron chi connectivity index (χ1n) is 9.07. The maximum atomic E-state index is 9.77. The van der Waals surface area contributed by atoms with Crippen LogP contribution in [0, 0.1) is 0 Å². The van der Waals surface area contributed by atoms with Crippen LogP contribution in [0.2, 0.25) is 0 Å². The van der Waals surface area contributed by atoms with E-state index in [0.717, 1.165) is 0 Å². The van der Waals surface area contributed by atoms with E-state index < -0.39 is 35.8 Å². The Hall–Kier alpha value is -1.88. The van der Waals surface area contributed by atoms with Gasteiger partial charge in [0.1, 0.15) is 0 Å². The molecule has 12 nitrogen and oxygen atoms in total. The smallest absolute Gasteiger partial charge is 0.550 e. The summed E-state index contributed by atoms with van der Waals surface area (Å²) in [6, 6.07) is 0. The first-order chi connectivity index (χ1) is 13.9. The predicted molar refractivity (Wildman–Crippen MR) is 85.4 cm³/mol. The number of carboxylic acids is 6. The van der Waals surface area contributed by atoms with Crippen molar-refractivity contribution in [2.75, 3.05) is 0 Å². The van der Waals surface area contributed by atoms with E-state index >= 15 is 0 Å². The minimum atomic E-state index is -1.14. The van der Waals surface area contributed by atoms with Crippen molar-refractivity contribution < 1.29 is 99.6 Å². The third-order valence-electron chi connectivity index (χ3n) is 3.04. The van der Waals surface area contributed by atoms with Crippen LogP contribution in [0.4, 0.5) is 0 Å². The van der Waals surface area contributed by atoms with Gasteiger partial charge in [0.15, 0.2) is 0 Å². The Balaban J connectivity index is -0.000000110. The van der Waals surface area contributed by atoms with Gasteiger partial charge in [-0.1, -0.05) is 0 Å². The van der Waals surface area contributed by atoms with Gasteiger partial charge in [0.05, 0.1) is 0 Å². The zero-order valence-electron chi connectivity index (χ0n) is 17.1. The molecule has 0 unspecified atom stereocenters. The summed E-state index contributed by atoms with van der Waals surface area (Å²) in [5, 5.41) is 58.6. The minimum Gasteiger partial charge on any atom is -0.550 e. The van der Waals surface area contributed by atoms with Crippen molar-refractivity contribution in [1.82, 2.24) is 0 Å². The number of hydrogen-bond donors (Lipinski definition) is 0. The molecule has 0 heterocycles. The van der Waals surface area contributed by atoms with Crippen LogP contribution in [0.3, 0.4) is 0 Å². The molecule has 0 atom stereocenters. The van der Waals surface area contributed by atoms with Gasteiger partial charge in [-0.25, -0.2) is 0 Å². The van der Waals surface area contributed by atoms with Crippen LogP contribution in [-0.2, 0) is 69.0 Å². The monoisotopic (exact) mass is 818 g/mol. The van der Waals surface area contributed by atoms with E-state index in [2.05, 4.69) is 0 Å². The summed E-state index contributed by atoms with van der Waals surface area (Å²) in [7, 11) is 0. The standard InChI is InChI=1S/3C6H10O4.2Ir/c3*7-5(8)3-1-2-4-6(9)10;;/h3*1-4H2,(H,7,8)(H,9,10);;/q;;;2*+3/p-6. The topological polar surface area (TPSA) is 241 Å². The summed E-state index contributed by atoms with van der Waals surface area (Å²) in [4.78, 5) is 58.6. The molecular formula is C18H24Ir2O12. The quantitative estimate of drug-likeness (QED) is 0.141. The molecule has 0 bridgehead atoms. The molecule has 0 aliphatic heterocycles. The zero-order valence-corrected chi connectivity index (χ0v) is 21.8. The molecule has 0 fully saturated rings. The predicted octanol–water partition coefficient (Wildman–Crippen LogP) is -5.87. The van der Waals surface area contributed by atoms with E-state index in [9.17, 15) is 59.4 Å². The molecule has 0 saturated heterocycles. The largest absolute Gasteiger partial charge is 3.00 e. The van der Waals surface area contributed by atoms with Crippen LogP contribution in [-0.4, -0.2) is 35.8 Å². The minimum absolute atomic E-state index is 0. The Bertz CT molecular complexity index is 428. The third-order valence-corrected chi connectivity index (χ3v) is 3.04. The Morgan fingerprint density at radius 2 is 0.406 bits per heavy atom. The number of hydrogen-bond acceptors (Lipinski definition) is 12. The van der Waals surface area contributed by atoms with Crippen molar-refractivity contribution in [2.45, 2.75) is 77.0 Å². The molecule has 0 aliphatic rings. The molecule has 0 aromatic heterocycles. The third kappa shape index (κ3) is 56.6. The second kappa shape index (κ2) is 29.1. The molecule has 186 valence electrons. The first kappa shape index (κ1) is 40.5. The van der Waals surface area contributed by atoms with E-state index in [1.165, 1.54) is 0 Å². The number of carbonyl (C=O) groups is 6. The number of aliphatic carboxylic acids is 6. The summed E-state index contributed by atoms with van der Waals surface area (Å²) in [5.74, 6) is -6.84. The van der Waals surface area contributed by atoms with Gasteiger partial charge in [-0.3, -0.25) is 0 Å². The maximum Gasteiger partial charge on any atom is 3.00 e. The van der Waals surface area contributed by atoms with Crippen molar-refractivity contribution in [2.24, 2.45) is 0 Å². The van der Waals surface area contributed by atoms with E-state index in [-0.39, 0.29) is 78.7 Å². The molecule has 32 heavy (non-hydrogen) atoms. The zero-order chi connectivity index (χ0) is 23.9. The van der Waals surface area contributed by atoms with Gasteiger partial charge >= 0.3 is 40.2 Å². The molecule has 14 heteroatoms. The van der Waals surface area contributed by atoms with Gasteiger partial charge in [-0.15, -0.1) is 0 Å². The maximum absolute atomic E-state index is 9.77. The van der Waals surface area contributed by atoms with Crippen molar-refractivity contribution in [3.8, 4) is 0 Å². The molecule has 0 rings (SSSR count). The van der Waals surface area contributed by atoms with Crippen LogP contribution >= 0.6 is 0 Å². The summed E-state index contributed by atoms with van der Waals surface area (Å²) in [6.45, 7) is 0. The molecule has 0 radical (unpaired) electrons. The molecule has 0 aliphatic carbocycles. The summed E-state index contributed by atoms with van der Waals surface area (Å²) < 4.78 is 0. The number of carbonyl (C=O) groups excluding carboxylic acids is 6. The van der Waals surface area contributed by atoms with E-state index in [0.29, 0.717) is 38.5 Å². The Morgan fingerprint density at radius 1 is 0.312 bits per heavy atom. The van der Waals surface area contributed by atoms with Gasteiger partial charge in [0.2, 0.25) is 0 Å². The van der Waals surface area contributed by atoms with Gasteiger partial charge in [0, 0.05) is 35.8 Å². The van der Waals surface area contributed by atoms with Crippen LogP contribution in [0.25, 0.3) is 0 Å². The molecule has 0 N–H and O–H groups in total. The average Bonchev–Trinajstić information content (AvgIpc) is 2.60. The number of carboxylic acid groups (broad SMARTS) is 6. The fourth-order valence-electron chi connectivity index (χ4n) is 1.62. The summed E-state index contributed by atoms with van der Waals surface area (Å²) >= 11 is 0. The van der Waals surface area contributed by atoms with Crippen molar-refractivity contribution in [1.29, 1.82) is 0 Å². The molecular weight excluding hydrogens is 793 g/mol. The first-order valence-corrected chi connectivity index (χ1v) is 9.07. The van der Waals surface area contributed by atoms with Crippen molar-refractivity contribution in [3.63, 3.8) is 0 Å². The molecule has 0 saturated carbocycles. The Kier molecular flexibility index (Phi) is 36.8. The Morgan fingerprint density at radius 3 is 0.469 bits per heavy atom. The van der Waals surface area contributed by atoms with E-state index in [1.807, 2.05) is 0 Å². The van der Waals surface area contributed by atoms with Gasteiger partial charge in [0.25, 0.3) is 0 Å². The van der Waals surface area contributed by atoms with Crippen LogP contribution < -0.4 is 30.6 Å². The molecule has 0 amide bonds. The average molecular weight is 817 g/mol. The SMILES string of the molecule is O=C([O-])CCCCC(=O)[O-].O=C([O-])CCCCC(=O)[O-].O=C([O-])CCCCC(=O)[O-].[Ir+3].[Ir+3]. The number of rotatable bonds is 15. The van der Waals surface area contributed by atoms with Gasteiger partial charge in [-0.05, 0) is 77.0 Å². The van der Waals surface area contributed by atoms with Gasteiger partial charge in [-0.2, -0.15) is 0 Å². The fourth-order valence-corrected chi connectivity index (χ4v) is 1.62. The summed E-state index contributed by atoms with van der Waals surface area (Å²) in [5.41, 5.74) is 0. The molecule has 0 spiro atoms. The molecule has 0 aromatic rings. The number of unbranched alkanes of at least 4 members (excludes halogenated alkanes) is 3.